The molecule has 5 heteroatoms. The standard InChI is InChI=1S/C13H17NO4/c1-3-11(12(15)16)14(13(17)18-2)9-10-7-5-4-6-8-10/h4-8,11H,3,9H2,1-2H3,(H,15,16). The smallest absolute Gasteiger partial charge is 0.410 e. The van der Waals surface area contributed by atoms with Crippen LogP contribution in [-0.4, -0.2) is 35.2 Å². The van der Waals surface area contributed by atoms with Crippen LogP contribution in [0.25, 0.3) is 0 Å². The van der Waals surface area contributed by atoms with Crippen LogP contribution in [0.3, 0.4) is 0 Å². The summed E-state index contributed by atoms with van der Waals surface area (Å²) in [5.74, 6) is -1.03. The van der Waals surface area contributed by atoms with Gasteiger partial charge in [0.05, 0.1) is 7.11 Å². The molecular weight excluding hydrogens is 234 g/mol. The maximum Gasteiger partial charge on any atom is 0.410 e. The Morgan fingerprint density at radius 3 is 2.39 bits per heavy atom. The van der Waals surface area contributed by atoms with Crippen molar-refractivity contribution in [3.8, 4) is 0 Å². The third kappa shape index (κ3) is 3.48. The van der Waals surface area contributed by atoms with Crippen molar-refractivity contribution < 1.29 is 19.4 Å². The van der Waals surface area contributed by atoms with Gasteiger partial charge in [0.2, 0.25) is 0 Å². The average molecular weight is 251 g/mol. The normalized spacial score (nSPS) is 11.7. The fourth-order valence-electron chi connectivity index (χ4n) is 1.73. The number of rotatable bonds is 5. The quantitative estimate of drug-likeness (QED) is 0.870. The van der Waals surface area contributed by atoms with Gasteiger partial charge in [0.25, 0.3) is 0 Å². The third-order valence-electron chi connectivity index (χ3n) is 2.65. The summed E-state index contributed by atoms with van der Waals surface area (Å²) in [7, 11) is 1.24. The highest BCUT2D eigenvalue weighted by atomic mass is 16.5. The fourth-order valence-corrected chi connectivity index (χ4v) is 1.73. The Hall–Kier alpha value is -2.04. The molecule has 0 fully saturated rings. The maximum absolute atomic E-state index is 11.7. The van der Waals surface area contributed by atoms with Crippen LogP contribution < -0.4 is 0 Å². The van der Waals surface area contributed by atoms with Gasteiger partial charge < -0.3 is 9.84 Å². The van der Waals surface area contributed by atoms with Gasteiger partial charge in [-0.15, -0.1) is 0 Å². The molecule has 0 aliphatic heterocycles. The SMILES string of the molecule is CCC(C(=O)O)N(Cc1ccccc1)C(=O)OC. The summed E-state index contributed by atoms with van der Waals surface area (Å²) in [6.07, 6.45) is -0.301. The summed E-state index contributed by atoms with van der Waals surface area (Å²) in [6, 6.07) is 8.34. The van der Waals surface area contributed by atoms with Crippen molar-refractivity contribution in [2.45, 2.75) is 25.9 Å². The van der Waals surface area contributed by atoms with E-state index in [0.717, 1.165) is 5.56 Å². The van der Waals surface area contributed by atoms with Gasteiger partial charge >= 0.3 is 12.1 Å². The van der Waals surface area contributed by atoms with Crippen LogP contribution in [-0.2, 0) is 16.1 Å². The van der Waals surface area contributed by atoms with Crippen molar-refractivity contribution in [2.75, 3.05) is 7.11 Å². The number of carboxylic acid groups (broad SMARTS) is 1. The second-order valence-corrected chi connectivity index (χ2v) is 3.85. The number of carbonyl (C=O) groups is 2. The molecule has 18 heavy (non-hydrogen) atoms. The van der Waals surface area contributed by atoms with Crippen molar-refractivity contribution in [1.29, 1.82) is 0 Å². The summed E-state index contributed by atoms with van der Waals surface area (Å²) >= 11 is 0. The third-order valence-corrected chi connectivity index (χ3v) is 2.65. The van der Waals surface area contributed by atoms with E-state index in [2.05, 4.69) is 4.74 Å². The molecule has 0 radical (unpaired) electrons. The minimum absolute atomic E-state index is 0.221. The summed E-state index contributed by atoms with van der Waals surface area (Å²) in [6.45, 7) is 1.94. The van der Waals surface area contributed by atoms with E-state index in [1.807, 2.05) is 30.3 Å². The van der Waals surface area contributed by atoms with Crippen LogP contribution in [0.1, 0.15) is 18.9 Å². The van der Waals surface area contributed by atoms with Crippen molar-refractivity contribution in [2.24, 2.45) is 0 Å². The molecule has 0 aliphatic carbocycles. The van der Waals surface area contributed by atoms with Crippen molar-refractivity contribution in [3.05, 3.63) is 35.9 Å². The van der Waals surface area contributed by atoms with Gasteiger partial charge in [0, 0.05) is 6.54 Å². The Bertz CT molecular complexity index is 405. The first-order valence-electron chi connectivity index (χ1n) is 5.71. The van der Waals surface area contributed by atoms with Gasteiger partial charge in [0.15, 0.2) is 0 Å². The van der Waals surface area contributed by atoms with Crippen LogP contribution in [0.2, 0.25) is 0 Å². The second kappa shape index (κ2) is 6.64. The van der Waals surface area contributed by atoms with E-state index in [0.29, 0.717) is 6.42 Å². The van der Waals surface area contributed by atoms with Crippen LogP contribution in [0.5, 0.6) is 0 Å². The molecule has 0 aromatic heterocycles. The monoisotopic (exact) mass is 251 g/mol. The maximum atomic E-state index is 11.7. The number of benzene rings is 1. The lowest BCUT2D eigenvalue weighted by Crippen LogP contribution is -2.44. The number of carboxylic acids is 1. The number of ether oxygens (including phenoxy) is 1. The van der Waals surface area contributed by atoms with Gasteiger partial charge in [0.1, 0.15) is 6.04 Å². The number of carbonyl (C=O) groups excluding carboxylic acids is 1. The molecule has 1 N–H and O–H groups in total. The zero-order valence-corrected chi connectivity index (χ0v) is 10.5. The molecule has 0 saturated carbocycles. The molecule has 1 aromatic rings. The Balaban J connectivity index is 2.91. The highest BCUT2D eigenvalue weighted by Gasteiger charge is 2.28. The second-order valence-electron chi connectivity index (χ2n) is 3.85. The van der Waals surface area contributed by atoms with E-state index in [1.165, 1.54) is 12.0 Å². The summed E-state index contributed by atoms with van der Waals surface area (Å²) in [5.41, 5.74) is 0.864. The first-order valence-corrected chi connectivity index (χ1v) is 5.71. The molecule has 1 unspecified atom stereocenters. The van der Waals surface area contributed by atoms with E-state index in [9.17, 15) is 9.59 Å². The Morgan fingerprint density at radius 2 is 1.94 bits per heavy atom. The molecule has 1 rings (SSSR count). The topological polar surface area (TPSA) is 66.8 Å². The largest absolute Gasteiger partial charge is 0.480 e. The number of aliphatic carboxylic acids is 1. The average Bonchev–Trinajstić information content (AvgIpc) is 2.38. The van der Waals surface area contributed by atoms with Gasteiger partial charge in [-0.1, -0.05) is 37.3 Å². The highest BCUT2D eigenvalue weighted by molar-refractivity contribution is 5.79. The van der Waals surface area contributed by atoms with E-state index in [1.54, 1.807) is 6.92 Å². The lowest BCUT2D eigenvalue weighted by molar-refractivity contribution is -0.143. The number of hydrogen-bond acceptors (Lipinski definition) is 3. The zero-order valence-electron chi connectivity index (χ0n) is 10.5. The lowest BCUT2D eigenvalue weighted by atomic mass is 10.1. The minimum Gasteiger partial charge on any atom is -0.480 e. The molecular formula is C13H17NO4. The first kappa shape index (κ1) is 14.0. The predicted octanol–water partition coefficient (Wildman–Crippen LogP) is 2.12. The van der Waals surface area contributed by atoms with Crippen LogP contribution >= 0.6 is 0 Å². The fraction of sp³-hybridized carbons (Fsp3) is 0.385. The van der Waals surface area contributed by atoms with Gasteiger partial charge in [-0.3, -0.25) is 4.90 Å². The van der Waals surface area contributed by atoms with Crippen LogP contribution in [0, 0.1) is 0 Å². The van der Waals surface area contributed by atoms with Crippen LogP contribution in [0.15, 0.2) is 30.3 Å². The minimum atomic E-state index is -1.03. The van der Waals surface area contributed by atoms with Crippen molar-refractivity contribution in [3.63, 3.8) is 0 Å². The van der Waals surface area contributed by atoms with E-state index >= 15 is 0 Å². The summed E-state index contributed by atoms with van der Waals surface area (Å²) in [4.78, 5) is 24.0. The van der Waals surface area contributed by atoms with Gasteiger partial charge in [-0.25, -0.2) is 9.59 Å². The van der Waals surface area contributed by atoms with Crippen LogP contribution in [0.4, 0.5) is 4.79 Å². The van der Waals surface area contributed by atoms with E-state index in [-0.39, 0.29) is 6.54 Å². The molecule has 1 atom stereocenters. The molecule has 0 saturated heterocycles. The number of methoxy groups -OCH3 is 1. The first-order chi connectivity index (χ1) is 8.60. The van der Waals surface area contributed by atoms with Gasteiger partial charge in [-0.2, -0.15) is 0 Å². The summed E-state index contributed by atoms with van der Waals surface area (Å²) < 4.78 is 4.64. The Kier molecular flexibility index (Phi) is 5.17. The molecule has 98 valence electrons. The molecule has 0 heterocycles. The van der Waals surface area contributed by atoms with Gasteiger partial charge in [-0.05, 0) is 12.0 Å². The van der Waals surface area contributed by atoms with Crippen molar-refractivity contribution in [1.82, 2.24) is 4.90 Å². The summed E-state index contributed by atoms with van der Waals surface area (Å²) in [5, 5.41) is 9.12. The number of amides is 1. The van der Waals surface area contributed by atoms with E-state index < -0.39 is 18.1 Å². The Labute approximate surface area is 106 Å². The lowest BCUT2D eigenvalue weighted by Gasteiger charge is -2.26. The number of hydrogen-bond donors (Lipinski definition) is 1. The zero-order chi connectivity index (χ0) is 13.5. The molecule has 0 spiro atoms. The van der Waals surface area contributed by atoms with Crippen molar-refractivity contribution >= 4 is 12.1 Å². The number of nitrogens with zero attached hydrogens (tertiary/aromatic N) is 1. The highest BCUT2D eigenvalue weighted by Crippen LogP contribution is 2.12. The predicted molar refractivity (Wildman–Crippen MR) is 66.1 cm³/mol. The molecule has 0 bridgehead atoms. The molecule has 0 aliphatic rings. The molecule has 1 aromatic carbocycles. The molecule has 5 nitrogen and oxygen atoms in total. The Morgan fingerprint density at radius 1 is 1.33 bits per heavy atom. The van der Waals surface area contributed by atoms with E-state index in [4.69, 9.17) is 5.11 Å². The molecule has 1 amide bonds.